The van der Waals surface area contributed by atoms with E-state index in [2.05, 4.69) is 38.4 Å². The van der Waals surface area contributed by atoms with Crippen molar-refractivity contribution in [2.24, 2.45) is 11.0 Å². The molecule has 2 aromatic rings. The number of nitrogens with one attached hydrogen (secondary N) is 2. The van der Waals surface area contributed by atoms with Crippen LogP contribution in [0.4, 0.5) is 0 Å². The number of benzene rings is 2. The first-order chi connectivity index (χ1) is 16.2. The van der Waals surface area contributed by atoms with Gasteiger partial charge in [-0.1, -0.05) is 32.4 Å². The van der Waals surface area contributed by atoms with Crippen LogP contribution >= 0.6 is 34.2 Å². The number of nitrogens with zero attached hydrogens (tertiary/aromatic N) is 1. The number of carbonyl (C=O) groups is 2. The molecule has 2 N–H and O–H groups in total. The lowest BCUT2D eigenvalue weighted by Crippen LogP contribution is -2.46. The van der Waals surface area contributed by atoms with Gasteiger partial charge in [0.05, 0.1) is 23.0 Å². The zero-order valence-corrected chi connectivity index (χ0v) is 22.8. The van der Waals surface area contributed by atoms with Crippen LogP contribution in [0.2, 0.25) is 5.02 Å². The fourth-order valence-electron chi connectivity index (χ4n) is 3.06. The summed E-state index contributed by atoms with van der Waals surface area (Å²) < 4.78 is 12.4. The molecule has 0 aromatic heterocycles. The Hall–Kier alpha value is -2.33. The summed E-state index contributed by atoms with van der Waals surface area (Å²) in [6, 6.07) is 9.49. The number of amides is 2. The first-order valence-corrected chi connectivity index (χ1v) is 12.7. The van der Waals surface area contributed by atoms with Crippen molar-refractivity contribution in [2.45, 2.75) is 46.6 Å². The van der Waals surface area contributed by atoms with Crippen molar-refractivity contribution in [3.63, 3.8) is 0 Å². The molecule has 9 heteroatoms. The molecule has 7 nitrogen and oxygen atoms in total. The second-order valence-electron chi connectivity index (χ2n) is 8.01. The summed E-state index contributed by atoms with van der Waals surface area (Å²) in [5.41, 5.74) is 3.72. The third-order valence-corrected chi connectivity index (χ3v) is 5.66. The number of ether oxygens (including phenoxy) is 2. The van der Waals surface area contributed by atoms with Crippen molar-refractivity contribution < 1.29 is 19.1 Å². The Labute approximate surface area is 219 Å². The molecular weight excluding hydrogens is 569 g/mol. The molecule has 184 valence electrons. The Morgan fingerprint density at radius 2 is 1.85 bits per heavy atom. The van der Waals surface area contributed by atoms with Gasteiger partial charge in [-0.05, 0) is 90.2 Å². The van der Waals surface area contributed by atoms with Gasteiger partial charge in [0, 0.05) is 10.6 Å². The van der Waals surface area contributed by atoms with E-state index in [0.29, 0.717) is 41.7 Å². The Balaban J connectivity index is 2.11. The summed E-state index contributed by atoms with van der Waals surface area (Å²) in [5, 5.41) is 7.43. The SMILES string of the molecule is CCCOc1c(I)cc(C=NNC(=O)C(CC(C)C)NC(=O)c2ccc(Cl)cc2)cc1OCC. The maximum atomic E-state index is 12.8. The van der Waals surface area contributed by atoms with E-state index in [-0.39, 0.29) is 11.8 Å². The Morgan fingerprint density at radius 1 is 1.15 bits per heavy atom. The van der Waals surface area contributed by atoms with Gasteiger partial charge in [-0.15, -0.1) is 0 Å². The first kappa shape index (κ1) is 27.9. The monoisotopic (exact) mass is 599 g/mol. The molecule has 0 spiro atoms. The van der Waals surface area contributed by atoms with Crippen molar-refractivity contribution >= 4 is 52.2 Å². The highest BCUT2D eigenvalue weighted by Crippen LogP contribution is 2.34. The summed E-state index contributed by atoms with van der Waals surface area (Å²) in [5.74, 6) is 0.780. The van der Waals surface area contributed by atoms with E-state index < -0.39 is 11.9 Å². The lowest BCUT2D eigenvalue weighted by Gasteiger charge is -2.19. The third kappa shape index (κ3) is 8.79. The van der Waals surface area contributed by atoms with Crippen LogP contribution in [-0.2, 0) is 4.79 Å². The molecule has 0 bridgehead atoms. The van der Waals surface area contributed by atoms with Crippen molar-refractivity contribution in [3.8, 4) is 11.5 Å². The van der Waals surface area contributed by atoms with Crippen molar-refractivity contribution in [1.29, 1.82) is 0 Å². The molecule has 0 aliphatic heterocycles. The summed E-state index contributed by atoms with van der Waals surface area (Å²) in [7, 11) is 0. The van der Waals surface area contributed by atoms with Crippen LogP contribution in [0.3, 0.4) is 0 Å². The number of hydrazone groups is 1. The molecule has 0 radical (unpaired) electrons. The highest BCUT2D eigenvalue weighted by Gasteiger charge is 2.22. The molecule has 34 heavy (non-hydrogen) atoms. The van der Waals surface area contributed by atoms with Gasteiger partial charge in [0.2, 0.25) is 0 Å². The van der Waals surface area contributed by atoms with Crippen molar-refractivity contribution in [3.05, 3.63) is 56.1 Å². The summed E-state index contributed by atoms with van der Waals surface area (Å²) in [6.45, 7) is 9.01. The topological polar surface area (TPSA) is 89.0 Å². The Kier molecular flexibility index (Phi) is 11.6. The molecule has 0 aliphatic rings. The largest absolute Gasteiger partial charge is 0.490 e. The maximum absolute atomic E-state index is 12.8. The highest BCUT2D eigenvalue weighted by molar-refractivity contribution is 14.1. The predicted octanol–water partition coefficient (Wildman–Crippen LogP) is 5.43. The van der Waals surface area contributed by atoms with E-state index >= 15 is 0 Å². The smallest absolute Gasteiger partial charge is 0.262 e. The summed E-state index contributed by atoms with van der Waals surface area (Å²) in [6.07, 6.45) is 2.90. The average molecular weight is 600 g/mol. The van der Waals surface area contributed by atoms with Gasteiger partial charge in [0.25, 0.3) is 11.8 Å². The molecule has 2 rings (SSSR count). The van der Waals surface area contributed by atoms with Gasteiger partial charge >= 0.3 is 0 Å². The predicted molar refractivity (Wildman–Crippen MR) is 144 cm³/mol. The van der Waals surface area contributed by atoms with Crippen molar-refractivity contribution in [2.75, 3.05) is 13.2 Å². The lowest BCUT2D eigenvalue weighted by molar-refractivity contribution is -0.123. The summed E-state index contributed by atoms with van der Waals surface area (Å²) in [4.78, 5) is 25.4. The molecule has 1 atom stereocenters. The lowest BCUT2D eigenvalue weighted by atomic mass is 10.0. The van der Waals surface area contributed by atoms with Crippen LogP contribution < -0.4 is 20.2 Å². The van der Waals surface area contributed by atoms with Crippen LogP contribution in [0.25, 0.3) is 0 Å². The highest BCUT2D eigenvalue weighted by atomic mass is 127. The zero-order chi connectivity index (χ0) is 25.1. The van der Waals surface area contributed by atoms with E-state index in [4.69, 9.17) is 21.1 Å². The van der Waals surface area contributed by atoms with Crippen LogP contribution in [0.15, 0.2) is 41.5 Å². The van der Waals surface area contributed by atoms with E-state index in [1.54, 1.807) is 30.5 Å². The van der Waals surface area contributed by atoms with Gasteiger partial charge in [0.15, 0.2) is 11.5 Å². The van der Waals surface area contributed by atoms with Gasteiger partial charge in [-0.25, -0.2) is 5.43 Å². The fourth-order valence-corrected chi connectivity index (χ4v) is 3.97. The Bertz CT molecular complexity index is 996. The van der Waals surface area contributed by atoms with Crippen LogP contribution in [-0.4, -0.2) is 37.3 Å². The molecular formula is C25H31ClIN3O4. The van der Waals surface area contributed by atoms with Gasteiger partial charge in [0.1, 0.15) is 6.04 Å². The molecule has 0 saturated carbocycles. The van der Waals surface area contributed by atoms with E-state index in [9.17, 15) is 9.59 Å². The normalized spacial score (nSPS) is 12.0. The van der Waals surface area contributed by atoms with Gasteiger partial charge in [-0.3, -0.25) is 9.59 Å². The average Bonchev–Trinajstić information content (AvgIpc) is 2.78. The second kappa shape index (κ2) is 14.2. The minimum Gasteiger partial charge on any atom is -0.490 e. The van der Waals surface area contributed by atoms with Crippen LogP contribution in [0.1, 0.15) is 56.5 Å². The van der Waals surface area contributed by atoms with Gasteiger partial charge in [-0.2, -0.15) is 5.10 Å². The quantitative estimate of drug-likeness (QED) is 0.194. The molecule has 1 unspecified atom stereocenters. The zero-order valence-electron chi connectivity index (χ0n) is 19.9. The van der Waals surface area contributed by atoms with Crippen LogP contribution in [0.5, 0.6) is 11.5 Å². The second-order valence-corrected chi connectivity index (χ2v) is 9.61. The molecule has 2 aromatic carbocycles. The van der Waals surface area contributed by atoms with E-state index in [1.165, 1.54) is 0 Å². The third-order valence-electron chi connectivity index (χ3n) is 4.61. The number of carbonyl (C=O) groups excluding carboxylic acids is 2. The molecule has 0 aliphatic carbocycles. The summed E-state index contributed by atoms with van der Waals surface area (Å²) >= 11 is 8.08. The number of rotatable bonds is 12. The van der Waals surface area contributed by atoms with E-state index in [0.717, 1.165) is 15.6 Å². The number of hydrogen-bond acceptors (Lipinski definition) is 5. The molecule has 0 fully saturated rings. The van der Waals surface area contributed by atoms with Crippen molar-refractivity contribution in [1.82, 2.24) is 10.7 Å². The van der Waals surface area contributed by atoms with E-state index in [1.807, 2.05) is 39.8 Å². The molecule has 0 heterocycles. The minimum atomic E-state index is -0.732. The number of hydrogen-bond donors (Lipinski definition) is 2. The fraction of sp³-hybridized carbons (Fsp3) is 0.400. The standard InChI is InChI=1S/C25H31ClIN3O4/c1-5-11-34-23-20(27)13-17(14-22(23)33-6-2)15-28-30-25(32)21(12-16(3)4)29-24(31)18-7-9-19(26)10-8-18/h7-10,13-16,21H,5-6,11-12H2,1-4H3,(H,29,31)(H,30,32). The Morgan fingerprint density at radius 3 is 2.47 bits per heavy atom. The van der Waals surface area contributed by atoms with Crippen LogP contribution in [0, 0.1) is 9.49 Å². The molecule has 0 saturated heterocycles. The maximum Gasteiger partial charge on any atom is 0.262 e. The number of halogens is 2. The van der Waals surface area contributed by atoms with Gasteiger partial charge < -0.3 is 14.8 Å². The molecule has 2 amide bonds. The minimum absolute atomic E-state index is 0.191. The first-order valence-electron chi connectivity index (χ1n) is 11.2.